The van der Waals surface area contributed by atoms with Crippen molar-refractivity contribution in [1.29, 1.82) is 0 Å². The maximum atomic E-state index is 13.7. The van der Waals surface area contributed by atoms with Crippen LogP contribution in [0.1, 0.15) is 46.8 Å². The number of hydrazone groups is 1. The number of benzene rings is 3. The van der Waals surface area contributed by atoms with Gasteiger partial charge in [0, 0.05) is 51.0 Å². The molecule has 37 heavy (non-hydrogen) atoms. The number of hydrogen-bond donors (Lipinski definition) is 0. The summed E-state index contributed by atoms with van der Waals surface area (Å²) in [6.45, 7) is 0. The molecule has 190 valence electrons. The fourth-order valence-corrected chi connectivity index (χ4v) is 5.27. The summed E-state index contributed by atoms with van der Waals surface area (Å²) >= 11 is 0. The van der Waals surface area contributed by atoms with Gasteiger partial charge in [-0.25, -0.2) is 9.40 Å². The van der Waals surface area contributed by atoms with Crippen LogP contribution < -0.4 is 9.80 Å². The van der Waals surface area contributed by atoms with E-state index in [1.807, 2.05) is 28.2 Å². The summed E-state index contributed by atoms with van der Waals surface area (Å²) < 4.78 is 13.6. The van der Waals surface area contributed by atoms with E-state index in [4.69, 9.17) is 5.10 Å². The van der Waals surface area contributed by atoms with Crippen LogP contribution in [0.4, 0.5) is 15.8 Å². The standard InChI is InChI=1S/C31H33FN4O/c1-34(2)26-16-8-21(9-17-26)20-24-6-5-7-28-29(24)33-36(31(37)23-10-14-25(32)15-11-23)30(28)22-12-18-27(19-13-22)35(3)4/h8-20,28,30H,5-7H2,1-4H3. The molecule has 1 aliphatic carbocycles. The van der Waals surface area contributed by atoms with E-state index in [2.05, 4.69) is 64.4 Å². The number of hydrogen-bond acceptors (Lipinski definition) is 4. The van der Waals surface area contributed by atoms with E-state index in [0.717, 1.165) is 47.5 Å². The first-order valence-corrected chi connectivity index (χ1v) is 12.7. The molecule has 0 aromatic heterocycles. The van der Waals surface area contributed by atoms with Crippen LogP contribution in [0.25, 0.3) is 6.08 Å². The van der Waals surface area contributed by atoms with Crippen molar-refractivity contribution < 1.29 is 9.18 Å². The highest BCUT2D eigenvalue weighted by molar-refractivity contribution is 6.09. The van der Waals surface area contributed by atoms with Crippen molar-refractivity contribution in [2.45, 2.75) is 25.3 Å². The Balaban J connectivity index is 1.54. The van der Waals surface area contributed by atoms with Crippen molar-refractivity contribution in [3.05, 3.63) is 101 Å². The van der Waals surface area contributed by atoms with Crippen molar-refractivity contribution >= 4 is 29.1 Å². The van der Waals surface area contributed by atoms with Crippen LogP contribution in [0.3, 0.4) is 0 Å². The lowest BCUT2D eigenvalue weighted by atomic mass is 9.77. The molecule has 2 aliphatic rings. The van der Waals surface area contributed by atoms with Crippen molar-refractivity contribution in [3.8, 4) is 0 Å². The summed E-state index contributed by atoms with van der Waals surface area (Å²) in [5.74, 6) is -0.465. The monoisotopic (exact) mass is 496 g/mol. The molecular weight excluding hydrogens is 463 g/mol. The molecule has 1 saturated carbocycles. The van der Waals surface area contributed by atoms with Crippen LogP contribution in [0.15, 0.2) is 83.5 Å². The highest BCUT2D eigenvalue weighted by atomic mass is 19.1. The molecule has 1 fully saturated rings. The highest BCUT2D eigenvalue weighted by Crippen LogP contribution is 2.45. The number of carbonyl (C=O) groups is 1. The summed E-state index contributed by atoms with van der Waals surface area (Å²) in [5, 5.41) is 6.60. The molecule has 2 atom stereocenters. The average Bonchev–Trinajstić information content (AvgIpc) is 3.30. The predicted molar refractivity (Wildman–Crippen MR) is 150 cm³/mol. The Bertz CT molecular complexity index is 1330. The van der Waals surface area contributed by atoms with E-state index < -0.39 is 0 Å². The molecule has 0 saturated heterocycles. The summed E-state index contributed by atoms with van der Waals surface area (Å²) in [4.78, 5) is 17.8. The first-order valence-electron chi connectivity index (χ1n) is 12.7. The van der Waals surface area contributed by atoms with Crippen molar-refractivity contribution in [1.82, 2.24) is 5.01 Å². The fourth-order valence-electron chi connectivity index (χ4n) is 5.27. The highest BCUT2D eigenvalue weighted by Gasteiger charge is 2.44. The van der Waals surface area contributed by atoms with Crippen LogP contribution in [0, 0.1) is 11.7 Å². The van der Waals surface area contributed by atoms with Crippen molar-refractivity contribution in [2.24, 2.45) is 11.0 Å². The van der Waals surface area contributed by atoms with Crippen molar-refractivity contribution in [2.75, 3.05) is 38.0 Å². The molecule has 1 aliphatic heterocycles. The van der Waals surface area contributed by atoms with Gasteiger partial charge in [-0.2, -0.15) is 5.10 Å². The third kappa shape index (κ3) is 5.01. The maximum Gasteiger partial charge on any atom is 0.274 e. The molecule has 2 unspecified atom stereocenters. The van der Waals surface area contributed by atoms with Gasteiger partial charge in [-0.15, -0.1) is 0 Å². The average molecular weight is 497 g/mol. The van der Waals surface area contributed by atoms with E-state index in [1.54, 1.807) is 5.01 Å². The second-order valence-electron chi connectivity index (χ2n) is 10.2. The van der Waals surface area contributed by atoms with Crippen LogP contribution >= 0.6 is 0 Å². The SMILES string of the molecule is CN(C)c1ccc(C=C2CCCC3C2=NN(C(=O)c2ccc(F)cc2)C3c2ccc(N(C)C)cc2)cc1. The van der Waals surface area contributed by atoms with Gasteiger partial charge in [0.15, 0.2) is 0 Å². The molecular formula is C31H33FN4O. The number of allylic oxidation sites excluding steroid dienone is 1. The third-order valence-electron chi connectivity index (χ3n) is 7.30. The molecule has 0 bridgehead atoms. The van der Waals surface area contributed by atoms with Crippen LogP contribution in [-0.2, 0) is 0 Å². The zero-order chi connectivity index (χ0) is 26.1. The Labute approximate surface area is 218 Å². The molecule has 5 nitrogen and oxygen atoms in total. The Morgan fingerprint density at radius 2 is 1.49 bits per heavy atom. The van der Waals surface area contributed by atoms with Gasteiger partial charge >= 0.3 is 0 Å². The second-order valence-corrected chi connectivity index (χ2v) is 10.2. The molecule has 5 rings (SSSR count). The fraction of sp³-hybridized carbons (Fsp3) is 0.290. The lowest BCUT2D eigenvalue weighted by Crippen LogP contribution is -2.32. The van der Waals surface area contributed by atoms with Gasteiger partial charge in [-0.05, 0) is 90.6 Å². The van der Waals surface area contributed by atoms with Gasteiger partial charge in [0.2, 0.25) is 0 Å². The van der Waals surface area contributed by atoms with Crippen LogP contribution in [-0.4, -0.2) is 44.8 Å². The lowest BCUT2D eigenvalue weighted by molar-refractivity contribution is 0.0681. The molecule has 3 aromatic carbocycles. The topological polar surface area (TPSA) is 39.1 Å². The summed E-state index contributed by atoms with van der Waals surface area (Å²) in [7, 11) is 8.09. The molecule has 3 aromatic rings. The van der Waals surface area contributed by atoms with E-state index in [1.165, 1.54) is 29.8 Å². The minimum absolute atomic E-state index is 0.107. The molecule has 1 amide bonds. The molecule has 0 N–H and O–H groups in total. The summed E-state index contributed by atoms with van der Waals surface area (Å²) in [5.41, 5.74) is 7.03. The van der Waals surface area contributed by atoms with Gasteiger partial charge in [0.25, 0.3) is 5.91 Å². The largest absolute Gasteiger partial charge is 0.378 e. The quantitative estimate of drug-likeness (QED) is 0.411. The summed E-state index contributed by atoms with van der Waals surface area (Å²) in [6, 6.07) is 22.4. The lowest BCUT2D eigenvalue weighted by Gasteiger charge is -2.30. The van der Waals surface area contributed by atoms with E-state index in [0.29, 0.717) is 5.56 Å². The number of anilines is 2. The number of halogens is 1. The molecule has 0 radical (unpaired) electrons. The Morgan fingerprint density at radius 1 is 0.892 bits per heavy atom. The third-order valence-corrected chi connectivity index (χ3v) is 7.30. The van der Waals surface area contributed by atoms with Gasteiger partial charge < -0.3 is 9.80 Å². The van der Waals surface area contributed by atoms with Gasteiger partial charge in [-0.3, -0.25) is 4.79 Å². The maximum absolute atomic E-state index is 13.7. The Morgan fingerprint density at radius 3 is 2.08 bits per heavy atom. The van der Waals surface area contributed by atoms with Crippen LogP contribution in [0.5, 0.6) is 0 Å². The zero-order valence-electron chi connectivity index (χ0n) is 21.9. The smallest absolute Gasteiger partial charge is 0.274 e. The molecule has 0 spiro atoms. The number of amides is 1. The number of fused-ring (bicyclic) bond motifs is 1. The predicted octanol–water partition coefficient (Wildman–Crippen LogP) is 6.39. The van der Waals surface area contributed by atoms with E-state index >= 15 is 0 Å². The Kier molecular flexibility index (Phi) is 6.83. The van der Waals surface area contributed by atoms with Gasteiger partial charge in [-0.1, -0.05) is 24.3 Å². The number of rotatable bonds is 5. The van der Waals surface area contributed by atoms with Crippen molar-refractivity contribution in [3.63, 3.8) is 0 Å². The van der Waals surface area contributed by atoms with E-state index in [-0.39, 0.29) is 23.7 Å². The normalized spacial score (nSPS) is 20.0. The first-order chi connectivity index (χ1) is 17.8. The first kappa shape index (κ1) is 24.8. The minimum Gasteiger partial charge on any atom is -0.378 e. The van der Waals surface area contributed by atoms with E-state index in [9.17, 15) is 9.18 Å². The molecule has 6 heteroatoms. The Hall–Kier alpha value is -3.93. The number of carbonyl (C=O) groups excluding carboxylic acids is 1. The second kappa shape index (κ2) is 10.2. The van der Waals surface area contributed by atoms with Gasteiger partial charge in [0.05, 0.1) is 11.8 Å². The van der Waals surface area contributed by atoms with Crippen LogP contribution in [0.2, 0.25) is 0 Å². The minimum atomic E-state index is -0.362. The molecule has 1 heterocycles. The van der Waals surface area contributed by atoms with Gasteiger partial charge in [0.1, 0.15) is 5.82 Å². The number of nitrogens with zero attached hydrogens (tertiary/aromatic N) is 4. The summed E-state index contributed by atoms with van der Waals surface area (Å²) in [6.07, 6.45) is 5.14. The zero-order valence-corrected chi connectivity index (χ0v) is 21.9.